The zero-order chi connectivity index (χ0) is 19.1. The number of nitrogens with one attached hydrogen (secondary N) is 1. The fourth-order valence-corrected chi connectivity index (χ4v) is 2.96. The summed E-state index contributed by atoms with van der Waals surface area (Å²) in [5, 5.41) is 12.4. The van der Waals surface area contributed by atoms with Crippen molar-refractivity contribution in [1.82, 2.24) is 9.55 Å². The molecule has 1 saturated carbocycles. The van der Waals surface area contributed by atoms with Gasteiger partial charge in [-0.1, -0.05) is 0 Å². The molecule has 0 saturated heterocycles. The van der Waals surface area contributed by atoms with Crippen molar-refractivity contribution in [3.8, 4) is 5.75 Å². The largest absolute Gasteiger partial charge is 0.435 e. The number of carbonyl (C=O) groups excluding carboxylic acids is 1. The van der Waals surface area contributed by atoms with Gasteiger partial charge in [0, 0.05) is 18.2 Å². The van der Waals surface area contributed by atoms with E-state index >= 15 is 0 Å². The molecule has 3 rings (SSSR count). The Balaban J connectivity index is 2.02. The number of halogens is 3. The number of amides is 1. The molecule has 1 fully saturated rings. The first-order chi connectivity index (χ1) is 12.1. The Morgan fingerprint density at radius 3 is 2.69 bits per heavy atom. The van der Waals surface area contributed by atoms with Gasteiger partial charge < -0.3 is 14.4 Å². The van der Waals surface area contributed by atoms with Crippen LogP contribution in [0.4, 0.5) is 19.1 Å². The van der Waals surface area contributed by atoms with Gasteiger partial charge in [0.1, 0.15) is 11.3 Å². The van der Waals surface area contributed by atoms with E-state index in [-0.39, 0.29) is 35.2 Å². The number of anilines is 1. The molecule has 9 heteroatoms. The first-order valence-corrected chi connectivity index (χ1v) is 8.32. The molecule has 1 aromatic heterocycles. The maximum Gasteiger partial charge on any atom is 0.387 e. The van der Waals surface area contributed by atoms with Crippen molar-refractivity contribution >= 4 is 22.9 Å². The average Bonchev–Trinajstić information content (AvgIpc) is 2.73. The lowest BCUT2D eigenvalue weighted by molar-refractivity contribution is -0.119. The van der Waals surface area contributed by atoms with Crippen LogP contribution in [-0.2, 0) is 4.79 Å². The molecule has 1 aliphatic carbocycles. The average molecular weight is 371 g/mol. The molecule has 0 spiro atoms. The molecule has 0 unspecified atom stereocenters. The van der Waals surface area contributed by atoms with Crippen molar-refractivity contribution in [1.29, 1.82) is 0 Å². The van der Waals surface area contributed by atoms with E-state index in [2.05, 4.69) is 15.0 Å². The van der Waals surface area contributed by atoms with Crippen molar-refractivity contribution in [2.45, 2.75) is 57.8 Å². The molecule has 0 radical (unpaired) electrons. The number of hydrogen-bond donors (Lipinski definition) is 2. The van der Waals surface area contributed by atoms with Gasteiger partial charge in [0.25, 0.3) is 0 Å². The number of fused-ring (bicyclic) bond motifs is 1. The molecule has 2 aromatic rings. The van der Waals surface area contributed by atoms with Gasteiger partial charge in [-0.15, -0.1) is 0 Å². The Morgan fingerprint density at radius 1 is 1.46 bits per heavy atom. The van der Waals surface area contributed by atoms with Crippen molar-refractivity contribution in [2.75, 3.05) is 5.32 Å². The fraction of sp³-hybridized carbons (Fsp3) is 0.529. The van der Waals surface area contributed by atoms with Gasteiger partial charge >= 0.3 is 6.61 Å². The molecule has 0 bridgehead atoms. The summed E-state index contributed by atoms with van der Waals surface area (Å²) in [4.78, 5) is 16.3. The van der Waals surface area contributed by atoms with Crippen LogP contribution in [-0.4, -0.2) is 32.8 Å². The zero-order valence-corrected chi connectivity index (χ0v) is 14.4. The first kappa shape index (κ1) is 18.5. The quantitative estimate of drug-likeness (QED) is 0.813. The predicted octanol–water partition coefficient (Wildman–Crippen LogP) is 3.60. The predicted molar refractivity (Wildman–Crippen MR) is 88.8 cm³/mol. The van der Waals surface area contributed by atoms with Crippen LogP contribution in [0.15, 0.2) is 12.1 Å². The van der Waals surface area contributed by atoms with Crippen LogP contribution in [0.5, 0.6) is 5.75 Å². The van der Waals surface area contributed by atoms with Crippen LogP contribution < -0.4 is 10.1 Å². The standard InChI is InChI=1S/C17H20F3N3O3/c1-17(2,25)8-13(24)21-16-22-14-11(18)6-10(26-15(19)20)7-12(14)23(16)9-4-3-5-9/h6-7,9,15,25H,3-5,8H2,1-2H3,(H,21,22,24). The van der Waals surface area contributed by atoms with Gasteiger partial charge in [-0.05, 0) is 33.1 Å². The van der Waals surface area contributed by atoms with Gasteiger partial charge in [0.05, 0.1) is 17.5 Å². The van der Waals surface area contributed by atoms with Crippen molar-refractivity contribution in [2.24, 2.45) is 0 Å². The number of benzene rings is 1. The molecule has 1 aromatic carbocycles. The van der Waals surface area contributed by atoms with E-state index < -0.39 is 23.9 Å². The highest BCUT2D eigenvalue weighted by Crippen LogP contribution is 2.39. The van der Waals surface area contributed by atoms with Crippen molar-refractivity contribution < 1.29 is 27.8 Å². The Bertz CT molecular complexity index is 826. The molecule has 1 aliphatic rings. The van der Waals surface area contributed by atoms with E-state index in [0.29, 0.717) is 0 Å². The number of hydrogen-bond acceptors (Lipinski definition) is 4. The summed E-state index contributed by atoms with van der Waals surface area (Å²) in [5.74, 6) is -1.46. The Hall–Kier alpha value is -2.29. The Morgan fingerprint density at radius 2 is 2.15 bits per heavy atom. The molecule has 1 amide bonds. The second-order valence-electron chi connectivity index (χ2n) is 7.08. The van der Waals surface area contributed by atoms with Crippen LogP contribution in [0.25, 0.3) is 11.0 Å². The lowest BCUT2D eigenvalue weighted by Gasteiger charge is -2.29. The normalized spacial score (nSPS) is 15.3. The Kier molecular flexibility index (Phi) is 4.83. The van der Waals surface area contributed by atoms with E-state index in [1.165, 1.54) is 19.9 Å². The number of aromatic nitrogens is 2. The summed E-state index contributed by atoms with van der Waals surface area (Å²) in [6, 6.07) is 2.12. The number of ether oxygens (including phenoxy) is 1. The monoisotopic (exact) mass is 371 g/mol. The highest BCUT2D eigenvalue weighted by Gasteiger charge is 2.28. The van der Waals surface area contributed by atoms with Crippen LogP contribution in [0, 0.1) is 5.82 Å². The molecular formula is C17H20F3N3O3. The summed E-state index contributed by atoms with van der Waals surface area (Å²) in [6.07, 6.45) is 2.42. The molecule has 26 heavy (non-hydrogen) atoms. The lowest BCUT2D eigenvalue weighted by atomic mass is 9.92. The van der Waals surface area contributed by atoms with E-state index in [1.54, 1.807) is 4.57 Å². The van der Waals surface area contributed by atoms with Gasteiger partial charge in [-0.3, -0.25) is 10.1 Å². The molecule has 1 heterocycles. The van der Waals surface area contributed by atoms with Gasteiger partial charge in [-0.2, -0.15) is 8.78 Å². The molecular weight excluding hydrogens is 351 g/mol. The summed E-state index contributed by atoms with van der Waals surface area (Å²) < 4.78 is 45.2. The van der Waals surface area contributed by atoms with E-state index in [4.69, 9.17) is 0 Å². The second-order valence-corrected chi connectivity index (χ2v) is 7.08. The molecule has 2 N–H and O–H groups in total. The number of alkyl halides is 2. The van der Waals surface area contributed by atoms with Crippen molar-refractivity contribution in [3.63, 3.8) is 0 Å². The molecule has 0 atom stereocenters. The topological polar surface area (TPSA) is 76.4 Å². The van der Waals surface area contributed by atoms with Gasteiger partial charge in [0.2, 0.25) is 11.9 Å². The zero-order valence-electron chi connectivity index (χ0n) is 14.4. The second kappa shape index (κ2) is 6.79. The summed E-state index contributed by atoms with van der Waals surface area (Å²) in [6.45, 7) is -0.0811. The summed E-state index contributed by atoms with van der Waals surface area (Å²) in [5.41, 5.74) is -0.957. The number of nitrogens with zero attached hydrogens (tertiary/aromatic N) is 2. The highest BCUT2D eigenvalue weighted by molar-refractivity contribution is 5.92. The van der Waals surface area contributed by atoms with Crippen LogP contribution in [0.1, 0.15) is 45.6 Å². The maximum absolute atomic E-state index is 14.3. The third kappa shape index (κ3) is 3.92. The van der Waals surface area contributed by atoms with Gasteiger partial charge in [-0.25, -0.2) is 9.37 Å². The van der Waals surface area contributed by atoms with Crippen LogP contribution in [0.2, 0.25) is 0 Å². The minimum Gasteiger partial charge on any atom is -0.435 e. The molecule has 6 nitrogen and oxygen atoms in total. The Labute approximate surface area is 148 Å². The third-order valence-corrected chi connectivity index (χ3v) is 4.23. The SMILES string of the molecule is CC(C)(O)CC(=O)Nc1nc2c(F)cc(OC(F)F)cc2n1C1CCC1. The van der Waals surface area contributed by atoms with Crippen LogP contribution >= 0.6 is 0 Å². The number of carbonyl (C=O) groups is 1. The number of aliphatic hydroxyl groups is 1. The van der Waals surface area contributed by atoms with Crippen molar-refractivity contribution in [3.05, 3.63) is 17.9 Å². The minimum absolute atomic E-state index is 0.0152. The summed E-state index contributed by atoms with van der Waals surface area (Å²) in [7, 11) is 0. The lowest BCUT2D eigenvalue weighted by Crippen LogP contribution is -2.29. The number of imidazole rings is 1. The maximum atomic E-state index is 14.3. The van der Waals surface area contributed by atoms with E-state index in [1.807, 2.05) is 0 Å². The first-order valence-electron chi connectivity index (χ1n) is 8.32. The van der Waals surface area contributed by atoms with Gasteiger partial charge in [0.15, 0.2) is 5.82 Å². The minimum atomic E-state index is -3.07. The smallest absolute Gasteiger partial charge is 0.387 e. The molecule has 0 aliphatic heterocycles. The van der Waals surface area contributed by atoms with E-state index in [0.717, 1.165) is 25.3 Å². The molecule has 142 valence electrons. The van der Waals surface area contributed by atoms with Crippen LogP contribution in [0.3, 0.4) is 0 Å². The fourth-order valence-electron chi connectivity index (χ4n) is 2.96. The third-order valence-electron chi connectivity index (χ3n) is 4.23. The highest BCUT2D eigenvalue weighted by atomic mass is 19.3. The number of rotatable bonds is 6. The summed E-state index contributed by atoms with van der Waals surface area (Å²) >= 11 is 0. The van der Waals surface area contributed by atoms with E-state index in [9.17, 15) is 23.1 Å².